The Balaban J connectivity index is 1.58. The van der Waals surface area contributed by atoms with Gasteiger partial charge in [0.25, 0.3) is 5.91 Å². The molecule has 2 heterocycles. The van der Waals surface area contributed by atoms with Crippen LogP contribution in [-0.4, -0.2) is 78.8 Å². The highest BCUT2D eigenvalue weighted by molar-refractivity contribution is 5.95. The number of piperidine rings is 1. The normalized spacial score (nSPS) is 17.0. The third-order valence-electron chi connectivity index (χ3n) is 6.71. The Bertz CT molecular complexity index is 1490. The standard InChI is InChI=1S/C28H29F4N5O4/c1-33-26(38)17-8-9-23(25(13-17)41-2)34-11-4-5-18-14-19-21(6-3-7-24(19)37(18)16-28(30,31)32)35-22-10-12-36(27(39)40)15-20(22)29/h3,6-9,13-14,20,22,34-35H,10-12,15-16H2,1-2H3,(H,33,38)(H,39,40)/t20-,22+/m1/s1. The first-order chi connectivity index (χ1) is 19.5. The van der Waals surface area contributed by atoms with Gasteiger partial charge in [-0.15, -0.1) is 0 Å². The van der Waals surface area contributed by atoms with E-state index in [1.165, 1.54) is 26.3 Å². The van der Waals surface area contributed by atoms with Gasteiger partial charge in [-0.25, -0.2) is 9.18 Å². The largest absolute Gasteiger partial charge is 0.495 e. The summed E-state index contributed by atoms with van der Waals surface area (Å²) in [6, 6.07) is 10.4. The summed E-state index contributed by atoms with van der Waals surface area (Å²) >= 11 is 0. The lowest BCUT2D eigenvalue weighted by Gasteiger charge is -2.34. The summed E-state index contributed by atoms with van der Waals surface area (Å²) in [4.78, 5) is 24.0. The molecule has 41 heavy (non-hydrogen) atoms. The number of methoxy groups -OCH3 is 1. The molecule has 3 aromatic rings. The Labute approximate surface area is 233 Å². The number of nitrogens with zero attached hydrogens (tertiary/aromatic N) is 2. The van der Waals surface area contributed by atoms with Crippen LogP contribution in [0.2, 0.25) is 0 Å². The summed E-state index contributed by atoms with van der Waals surface area (Å²) in [5, 5.41) is 18.2. The summed E-state index contributed by atoms with van der Waals surface area (Å²) in [5.74, 6) is 5.75. The maximum atomic E-state index is 14.8. The molecule has 1 fully saturated rings. The van der Waals surface area contributed by atoms with E-state index in [4.69, 9.17) is 9.84 Å². The number of ether oxygens (including phenoxy) is 1. The summed E-state index contributed by atoms with van der Waals surface area (Å²) < 4.78 is 61.7. The Morgan fingerprint density at radius 1 is 1.17 bits per heavy atom. The van der Waals surface area contributed by atoms with Crippen molar-refractivity contribution in [1.82, 2.24) is 14.8 Å². The van der Waals surface area contributed by atoms with Crippen LogP contribution in [0.25, 0.3) is 10.9 Å². The molecule has 1 saturated heterocycles. The molecule has 1 aliphatic rings. The topological polar surface area (TPSA) is 108 Å². The predicted octanol–water partition coefficient (Wildman–Crippen LogP) is 4.54. The van der Waals surface area contributed by atoms with E-state index < -0.39 is 31.0 Å². The molecule has 0 radical (unpaired) electrons. The average molecular weight is 576 g/mol. The summed E-state index contributed by atoms with van der Waals surface area (Å²) in [7, 11) is 2.96. The zero-order chi connectivity index (χ0) is 29.7. The van der Waals surface area contributed by atoms with Crippen molar-refractivity contribution in [3.63, 3.8) is 0 Å². The smallest absolute Gasteiger partial charge is 0.407 e. The first kappa shape index (κ1) is 29.4. The average Bonchev–Trinajstić information content (AvgIpc) is 3.28. The lowest BCUT2D eigenvalue weighted by molar-refractivity contribution is -0.140. The Kier molecular flexibility index (Phi) is 8.80. The Hall–Kier alpha value is -4.60. The number of rotatable bonds is 7. The van der Waals surface area contributed by atoms with Crippen molar-refractivity contribution in [2.75, 3.05) is 44.4 Å². The van der Waals surface area contributed by atoms with E-state index in [0.717, 1.165) is 9.47 Å². The van der Waals surface area contributed by atoms with Gasteiger partial charge in [0.2, 0.25) is 0 Å². The number of benzene rings is 2. The predicted molar refractivity (Wildman–Crippen MR) is 146 cm³/mol. The molecule has 2 atom stereocenters. The minimum atomic E-state index is -4.52. The van der Waals surface area contributed by atoms with Gasteiger partial charge in [0.05, 0.1) is 43.1 Å². The number of nitrogens with one attached hydrogen (secondary N) is 3. The molecule has 0 aliphatic carbocycles. The second-order valence-corrected chi connectivity index (χ2v) is 9.40. The van der Waals surface area contributed by atoms with E-state index in [9.17, 15) is 27.2 Å². The van der Waals surface area contributed by atoms with Gasteiger partial charge < -0.3 is 35.3 Å². The van der Waals surface area contributed by atoms with E-state index in [1.54, 1.807) is 30.3 Å². The van der Waals surface area contributed by atoms with Crippen LogP contribution in [0.3, 0.4) is 0 Å². The van der Waals surface area contributed by atoms with Gasteiger partial charge in [0.1, 0.15) is 18.5 Å². The molecule has 0 bridgehead atoms. The molecular formula is C28H29F4N5O4. The van der Waals surface area contributed by atoms with Crippen molar-refractivity contribution in [1.29, 1.82) is 0 Å². The van der Waals surface area contributed by atoms with Gasteiger partial charge in [-0.1, -0.05) is 12.0 Å². The number of aromatic nitrogens is 1. The van der Waals surface area contributed by atoms with Crippen LogP contribution in [0.5, 0.6) is 5.75 Å². The molecule has 13 heteroatoms. The molecule has 1 aliphatic heterocycles. The van der Waals surface area contributed by atoms with Gasteiger partial charge >= 0.3 is 12.3 Å². The number of amides is 2. The summed E-state index contributed by atoms with van der Waals surface area (Å²) in [6.45, 7) is -1.35. The fourth-order valence-electron chi connectivity index (χ4n) is 4.70. The molecule has 2 amide bonds. The maximum absolute atomic E-state index is 14.8. The van der Waals surface area contributed by atoms with Crippen molar-refractivity contribution in [2.45, 2.75) is 31.4 Å². The second-order valence-electron chi connectivity index (χ2n) is 9.40. The molecule has 1 aromatic heterocycles. The number of halogens is 4. The number of hydrogen-bond donors (Lipinski definition) is 4. The van der Waals surface area contributed by atoms with Crippen molar-refractivity contribution in [2.24, 2.45) is 0 Å². The monoisotopic (exact) mass is 575 g/mol. The van der Waals surface area contributed by atoms with E-state index in [-0.39, 0.29) is 43.2 Å². The number of carbonyl (C=O) groups is 2. The number of hydrogen-bond acceptors (Lipinski definition) is 5. The second kappa shape index (κ2) is 12.3. The molecule has 0 saturated carbocycles. The van der Waals surface area contributed by atoms with E-state index in [2.05, 4.69) is 27.8 Å². The minimum absolute atomic E-state index is 0.0695. The van der Waals surface area contributed by atoms with Crippen LogP contribution < -0.4 is 20.7 Å². The molecule has 0 unspecified atom stereocenters. The number of alkyl halides is 4. The number of fused-ring (bicyclic) bond motifs is 1. The van der Waals surface area contributed by atoms with Crippen LogP contribution in [0, 0.1) is 11.8 Å². The zero-order valence-electron chi connectivity index (χ0n) is 22.3. The summed E-state index contributed by atoms with van der Waals surface area (Å²) in [5.41, 5.74) is 1.77. The van der Waals surface area contributed by atoms with E-state index in [1.807, 2.05) is 0 Å². The third-order valence-corrected chi connectivity index (χ3v) is 6.71. The van der Waals surface area contributed by atoms with Gasteiger partial charge in [0, 0.05) is 30.2 Å². The van der Waals surface area contributed by atoms with Crippen molar-refractivity contribution in [3.8, 4) is 17.6 Å². The highest BCUT2D eigenvalue weighted by Gasteiger charge is 2.33. The van der Waals surface area contributed by atoms with Crippen LogP contribution in [-0.2, 0) is 6.54 Å². The number of likely N-dealkylation sites (tertiary alicyclic amines) is 1. The minimum Gasteiger partial charge on any atom is -0.495 e. The molecule has 4 rings (SSSR count). The van der Waals surface area contributed by atoms with Gasteiger partial charge in [-0.2, -0.15) is 13.2 Å². The quantitative estimate of drug-likeness (QED) is 0.244. The van der Waals surface area contributed by atoms with Crippen molar-refractivity contribution in [3.05, 3.63) is 53.7 Å². The van der Waals surface area contributed by atoms with Crippen molar-refractivity contribution < 1.29 is 37.0 Å². The molecule has 9 nitrogen and oxygen atoms in total. The van der Waals surface area contributed by atoms with Crippen molar-refractivity contribution >= 4 is 34.3 Å². The lowest BCUT2D eigenvalue weighted by atomic mass is 10.0. The lowest BCUT2D eigenvalue weighted by Crippen LogP contribution is -2.49. The van der Waals surface area contributed by atoms with Gasteiger partial charge in [0.15, 0.2) is 0 Å². The fourth-order valence-corrected chi connectivity index (χ4v) is 4.70. The zero-order valence-corrected chi connectivity index (χ0v) is 22.3. The van der Waals surface area contributed by atoms with Crippen LogP contribution >= 0.6 is 0 Å². The molecule has 218 valence electrons. The number of carboxylic acid groups (broad SMARTS) is 1. The third kappa shape index (κ3) is 6.95. The fraction of sp³-hybridized carbons (Fsp3) is 0.357. The first-order valence-corrected chi connectivity index (χ1v) is 12.7. The van der Waals surface area contributed by atoms with Crippen LogP contribution in [0.4, 0.5) is 33.7 Å². The first-order valence-electron chi connectivity index (χ1n) is 12.7. The number of anilines is 2. The Morgan fingerprint density at radius 2 is 1.95 bits per heavy atom. The van der Waals surface area contributed by atoms with Gasteiger partial charge in [-0.05, 0) is 48.7 Å². The highest BCUT2D eigenvalue weighted by atomic mass is 19.4. The van der Waals surface area contributed by atoms with Gasteiger partial charge in [-0.3, -0.25) is 4.79 Å². The van der Waals surface area contributed by atoms with Crippen LogP contribution in [0.15, 0.2) is 42.5 Å². The number of carbonyl (C=O) groups excluding carboxylic acids is 1. The summed E-state index contributed by atoms with van der Waals surface area (Å²) in [6.07, 6.45) is -6.99. The van der Waals surface area contributed by atoms with Crippen LogP contribution in [0.1, 0.15) is 22.5 Å². The van der Waals surface area contributed by atoms with E-state index >= 15 is 0 Å². The molecule has 4 N–H and O–H groups in total. The molecular weight excluding hydrogens is 546 g/mol. The van der Waals surface area contributed by atoms with E-state index in [0.29, 0.717) is 28.1 Å². The molecule has 0 spiro atoms. The maximum Gasteiger partial charge on any atom is 0.407 e. The Morgan fingerprint density at radius 3 is 2.61 bits per heavy atom. The SMILES string of the molecule is CNC(=O)c1ccc(NCC#Cc2cc3c(N[C@H]4CCN(C(=O)O)C[C@H]4F)cccc3n2CC(F)(F)F)c(OC)c1. The molecule has 2 aromatic carbocycles. The highest BCUT2D eigenvalue weighted by Crippen LogP contribution is 2.32.